The fraction of sp³-hybridized carbons (Fsp3) is 0.312. The Morgan fingerprint density at radius 3 is 2.52 bits per heavy atom. The highest BCUT2D eigenvalue weighted by Crippen LogP contribution is 2.29. The van der Waals surface area contributed by atoms with E-state index in [0.717, 1.165) is 0 Å². The van der Waals surface area contributed by atoms with Crippen LogP contribution in [-0.4, -0.2) is 18.5 Å². The van der Waals surface area contributed by atoms with E-state index in [1.165, 1.54) is 12.3 Å². The van der Waals surface area contributed by atoms with Crippen molar-refractivity contribution in [2.75, 3.05) is 4.72 Å². The lowest BCUT2D eigenvalue weighted by Gasteiger charge is -2.19. The number of anilines is 1. The molecule has 1 atom stereocenters. The molecule has 0 unspecified atom stereocenters. The second-order valence-corrected chi connectivity index (χ2v) is 7.70. The van der Waals surface area contributed by atoms with Crippen molar-refractivity contribution in [2.45, 2.75) is 31.8 Å². The highest BCUT2D eigenvalue weighted by Gasteiger charge is 2.21. The van der Waals surface area contributed by atoms with Crippen LogP contribution in [0.25, 0.3) is 0 Å². The summed E-state index contributed by atoms with van der Waals surface area (Å²) in [6.07, 6.45) is 0.443. The quantitative estimate of drug-likeness (QED) is 0.805. The predicted molar refractivity (Wildman–Crippen MR) is 91.0 cm³/mol. The molecule has 7 heteroatoms. The molecular formula is C16H19ClN2O3S. The van der Waals surface area contributed by atoms with Crippen molar-refractivity contribution < 1.29 is 13.5 Å². The maximum Gasteiger partial charge on any atom is 0.263 e. The van der Waals surface area contributed by atoms with Crippen LogP contribution >= 0.6 is 11.6 Å². The van der Waals surface area contributed by atoms with Gasteiger partial charge in [-0.25, -0.2) is 13.4 Å². The topological polar surface area (TPSA) is 79.3 Å². The zero-order valence-electron chi connectivity index (χ0n) is 13.1. The van der Waals surface area contributed by atoms with E-state index >= 15 is 0 Å². The summed E-state index contributed by atoms with van der Waals surface area (Å²) >= 11 is 5.83. The van der Waals surface area contributed by atoms with Gasteiger partial charge in [0.2, 0.25) is 0 Å². The molecule has 2 N–H and O–H groups in total. The molecule has 0 saturated carbocycles. The van der Waals surface area contributed by atoms with Gasteiger partial charge in [-0.05, 0) is 30.5 Å². The number of hydrogen-bond donors (Lipinski definition) is 2. The lowest BCUT2D eigenvalue weighted by atomic mass is 9.98. The average Bonchev–Trinajstić information content (AvgIpc) is 2.49. The van der Waals surface area contributed by atoms with Crippen molar-refractivity contribution in [1.29, 1.82) is 0 Å². The lowest BCUT2D eigenvalue weighted by molar-refractivity contribution is 0.127. The fourth-order valence-corrected chi connectivity index (χ4v) is 3.31. The average molecular weight is 355 g/mol. The van der Waals surface area contributed by atoms with Gasteiger partial charge < -0.3 is 5.11 Å². The van der Waals surface area contributed by atoms with Gasteiger partial charge in [0.1, 0.15) is 10.0 Å². The third-order valence-corrected chi connectivity index (χ3v) is 5.18. The number of benzene rings is 1. The number of nitrogens with zero attached hydrogens (tertiary/aromatic N) is 1. The van der Waals surface area contributed by atoms with E-state index in [4.69, 9.17) is 11.6 Å². The molecule has 23 heavy (non-hydrogen) atoms. The molecule has 0 fully saturated rings. The van der Waals surface area contributed by atoms with Gasteiger partial charge in [0, 0.05) is 11.8 Å². The number of aliphatic hydroxyl groups is 1. The van der Waals surface area contributed by atoms with Crippen LogP contribution in [0, 0.1) is 12.8 Å². The molecule has 0 saturated heterocycles. The number of nitrogens with one attached hydrogen (secondary N) is 1. The largest absolute Gasteiger partial charge is 0.388 e. The molecule has 0 amide bonds. The molecule has 0 aliphatic heterocycles. The number of halogens is 1. The van der Waals surface area contributed by atoms with Crippen molar-refractivity contribution in [3.05, 3.63) is 52.8 Å². The molecule has 0 spiro atoms. The Balaban J connectivity index is 2.40. The van der Waals surface area contributed by atoms with Crippen LogP contribution < -0.4 is 4.72 Å². The second-order valence-electron chi connectivity index (χ2n) is 5.66. The number of aromatic nitrogens is 1. The van der Waals surface area contributed by atoms with Crippen molar-refractivity contribution in [3.8, 4) is 0 Å². The maximum atomic E-state index is 12.5. The van der Waals surface area contributed by atoms with E-state index in [1.807, 2.05) is 13.8 Å². The van der Waals surface area contributed by atoms with Gasteiger partial charge in [-0.3, -0.25) is 4.72 Å². The molecule has 0 aliphatic rings. The summed E-state index contributed by atoms with van der Waals surface area (Å²) in [6.45, 7) is 5.41. The summed E-state index contributed by atoms with van der Waals surface area (Å²) < 4.78 is 27.6. The zero-order valence-corrected chi connectivity index (χ0v) is 14.7. The van der Waals surface area contributed by atoms with Crippen molar-refractivity contribution in [2.24, 2.45) is 5.92 Å². The van der Waals surface area contributed by atoms with Gasteiger partial charge in [-0.1, -0.05) is 43.6 Å². The van der Waals surface area contributed by atoms with Gasteiger partial charge in [0.05, 0.1) is 11.8 Å². The van der Waals surface area contributed by atoms with Crippen LogP contribution in [0.15, 0.2) is 41.4 Å². The molecule has 2 aromatic rings. The Kier molecular flexibility index (Phi) is 5.29. The van der Waals surface area contributed by atoms with Gasteiger partial charge in [0.15, 0.2) is 0 Å². The smallest absolute Gasteiger partial charge is 0.263 e. The molecular weight excluding hydrogens is 336 g/mol. The van der Waals surface area contributed by atoms with E-state index in [9.17, 15) is 13.5 Å². The van der Waals surface area contributed by atoms with E-state index in [2.05, 4.69) is 9.71 Å². The standard InChI is InChI=1S/C16H19ClN2O3S/c1-10(2)15(20)13-6-4-5-7-14(13)19-23(21,22)12-8-11(3)16(17)18-9-12/h4-10,15,19-20H,1-3H3/t15-/m0/s1. The third kappa shape index (κ3) is 4.02. The normalized spacial score (nSPS) is 13.1. The molecule has 5 nitrogen and oxygen atoms in total. The van der Waals surface area contributed by atoms with Crippen molar-refractivity contribution in [3.63, 3.8) is 0 Å². The van der Waals surface area contributed by atoms with Gasteiger partial charge in [0.25, 0.3) is 10.0 Å². The molecule has 0 bridgehead atoms. The number of para-hydroxylation sites is 1. The van der Waals surface area contributed by atoms with Crippen LogP contribution in [0.3, 0.4) is 0 Å². The SMILES string of the molecule is Cc1cc(S(=O)(=O)Nc2ccccc2[C@@H](O)C(C)C)cnc1Cl. The van der Waals surface area contributed by atoms with Crippen LogP contribution in [0.4, 0.5) is 5.69 Å². The second kappa shape index (κ2) is 6.86. The first-order valence-electron chi connectivity index (χ1n) is 7.14. The number of aryl methyl sites for hydroxylation is 1. The van der Waals surface area contributed by atoms with E-state index in [1.54, 1.807) is 31.2 Å². The Morgan fingerprint density at radius 1 is 1.26 bits per heavy atom. The highest BCUT2D eigenvalue weighted by atomic mass is 35.5. The Hall–Kier alpha value is -1.63. The Morgan fingerprint density at radius 2 is 1.91 bits per heavy atom. The summed E-state index contributed by atoms with van der Waals surface area (Å²) in [5.74, 6) is -0.0416. The first kappa shape index (κ1) is 17.7. The fourth-order valence-electron chi connectivity index (χ4n) is 2.09. The third-order valence-electron chi connectivity index (χ3n) is 3.45. The summed E-state index contributed by atoms with van der Waals surface area (Å²) in [4.78, 5) is 3.89. The number of sulfonamides is 1. The van der Waals surface area contributed by atoms with Crippen LogP contribution in [-0.2, 0) is 10.0 Å². The molecule has 0 aliphatic carbocycles. The van der Waals surface area contributed by atoms with E-state index in [0.29, 0.717) is 16.8 Å². The first-order chi connectivity index (χ1) is 10.7. The molecule has 0 radical (unpaired) electrons. The lowest BCUT2D eigenvalue weighted by Crippen LogP contribution is -2.16. The van der Waals surface area contributed by atoms with Crippen LogP contribution in [0.2, 0.25) is 5.15 Å². The summed E-state index contributed by atoms with van der Waals surface area (Å²) in [6, 6.07) is 8.24. The molecule has 1 aromatic carbocycles. The van der Waals surface area contributed by atoms with Crippen LogP contribution in [0.1, 0.15) is 31.1 Å². The minimum atomic E-state index is -3.82. The van der Waals surface area contributed by atoms with Crippen molar-refractivity contribution in [1.82, 2.24) is 4.98 Å². The van der Waals surface area contributed by atoms with Gasteiger partial charge in [-0.15, -0.1) is 0 Å². The van der Waals surface area contributed by atoms with Crippen molar-refractivity contribution >= 4 is 27.3 Å². The Bertz CT molecular complexity index is 807. The number of hydrogen-bond acceptors (Lipinski definition) is 4. The zero-order chi connectivity index (χ0) is 17.2. The number of rotatable bonds is 5. The van der Waals surface area contributed by atoms with E-state index < -0.39 is 16.1 Å². The summed E-state index contributed by atoms with van der Waals surface area (Å²) in [5.41, 5.74) is 1.45. The number of aliphatic hydroxyl groups excluding tert-OH is 1. The molecule has 2 rings (SSSR count). The maximum absolute atomic E-state index is 12.5. The monoisotopic (exact) mass is 354 g/mol. The molecule has 124 valence electrons. The molecule has 1 heterocycles. The first-order valence-corrected chi connectivity index (χ1v) is 9.00. The summed E-state index contributed by atoms with van der Waals surface area (Å²) in [5, 5.41) is 10.5. The Labute approximate surface area is 141 Å². The highest BCUT2D eigenvalue weighted by molar-refractivity contribution is 7.92. The van der Waals surface area contributed by atoms with Crippen LogP contribution in [0.5, 0.6) is 0 Å². The minimum absolute atomic E-state index is 0.0215. The number of pyridine rings is 1. The van der Waals surface area contributed by atoms with E-state index in [-0.39, 0.29) is 16.0 Å². The molecule has 1 aromatic heterocycles. The van der Waals surface area contributed by atoms with Gasteiger partial charge >= 0.3 is 0 Å². The minimum Gasteiger partial charge on any atom is -0.388 e. The summed E-state index contributed by atoms with van der Waals surface area (Å²) in [7, 11) is -3.82. The van der Waals surface area contributed by atoms with Gasteiger partial charge in [-0.2, -0.15) is 0 Å². The predicted octanol–water partition coefficient (Wildman–Crippen LogP) is 3.53.